The molecule has 4 rings (SSSR count). The van der Waals surface area contributed by atoms with Crippen LogP contribution in [-0.2, 0) is 11.2 Å². The van der Waals surface area contributed by atoms with Gasteiger partial charge in [0.05, 0.1) is 11.0 Å². The first kappa shape index (κ1) is 22.0. The molecule has 2 aromatic heterocycles. The monoisotopic (exact) mass is 445 g/mol. The van der Waals surface area contributed by atoms with E-state index in [-0.39, 0.29) is 11.8 Å². The van der Waals surface area contributed by atoms with E-state index in [0.29, 0.717) is 38.0 Å². The van der Waals surface area contributed by atoms with Gasteiger partial charge in [-0.05, 0) is 54.5 Å². The number of hydrogen-bond acceptors (Lipinski definition) is 4. The maximum absolute atomic E-state index is 13.3. The Labute approximate surface area is 192 Å². The maximum atomic E-state index is 13.3. The van der Waals surface area contributed by atoms with Crippen LogP contribution in [0.3, 0.4) is 0 Å². The van der Waals surface area contributed by atoms with Crippen molar-refractivity contribution in [1.82, 2.24) is 15.2 Å². The van der Waals surface area contributed by atoms with E-state index in [9.17, 15) is 9.59 Å². The molecule has 0 spiro atoms. The first-order chi connectivity index (χ1) is 15.5. The fourth-order valence-corrected chi connectivity index (χ4v) is 4.98. The third kappa shape index (κ3) is 4.65. The molecule has 6 heteroatoms. The smallest absolute Gasteiger partial charge is 0.255 e. The number of likely N-dealkylation sites (tertiary alicyclic amines) is 1. The molecule has 0 saturated carbocycles. The number of nitrogens with one attached hydrogen (secondary N) is 1. The van der Waals surface area contributed by atoms with E-state index < -0.39 is 5.41 Å². The molecule has 0 aliphatic carbocycles. The van der Waals surface area contributed by atoms with E-state index in [0.717, 1.165) is 16.8 Å². The van der Waals surface area contributed by atoms with E-state index >= 15 is 0 Å². The lowest BCUT2D eigenvalue weighted by molar-refractivity contribution is -0.130. The lowest BCUT2D eigenvalue weighted by atomic mass is 9.79. The second-order valence-corrected chi connectivity index (χ2v) is 9.25. The number of carbonyl (C=O) groups excluding carboxylic acids is 2. The Hall–Kier alpha value is -3.25. The van der Waals surface area contributed by atoms with Crippen LogP contribution in [0.4, 0.5) is 0 Å². The Bertz CT molecular complexity index is 1110. The lowest BCUT2D eigenvalue weighted by Crippen LogP contribution is -2.45. The summed E-state index contributed by atoms with van der Waals surface area (Å²) in [5.74, 6) is -0.112. The van der Waals surface area contributed by atoms with Gasteiger partial charge in [-0.15, -0.1) is 17.9 Å². The molecule has 164 valence electrons. The molecule has 1 fully saturated rings. The summed E-state index contributed by atoms with van der Waals surface area (Å²) < 4.78 is 0. The van der Waals surface area contributed by atoms with Crippen LogP contribution in [0.25, 0.3) is 10.4 Å². The van der Waals surface area contributed by atoms with Gasteiger partial charge < -0.3 is 10.2 Å². The summed E-state index contributed by atoms with van der Waals surface area (Å²) in [5.41, 5.74) is 2.99. The molecule has 1 N–H and O–H groups in total. The average Bonchev–Trinajstić information content (AvgIpc) is 3.49. The van der Waals surface area contributed by atoms with Gasteiger partial charge in [0.1, 0.15) is 0 Å². The van der Waals surface area contributed by atoms with Crippen LogP contribution < -0.4 is 5.32 Å². The van der Waals surface area contributed by atoms with Crippen LogP contribution in [0.1, 0.15) is 28.0 Å². The summed E-state index contributed by atoms with van der Waals surface area (Å²) in [6, 6.07) is 16.1. The Kier molecular flexibility index (Phi) is 6.51. The second kappa shape index (κ2) is 9.49. The normalized spacial score (nSPS) is 17.8. The number of thiophene rings is 1. The molecular weight excluding hydrogens is 418 g/mol. The number of pyridine rings is 1. The van der Waals surface area contributed by atoms with Gasteiger partial charge in [0.25, 0.3) is 5.91 Å². The van der Waals surface area contributed by atoms with Crippen LogP contribution >= 0.6 is 11.3 Å². The van der Waals surface area contributed by atoms with Gasteiger partial charge >= 0.3 is 0 Å². The van der Waals surface area contributed by atoms with Gasteiger partial charge in [-0.3, -0.25) is 14.6 Å². The summed E-state index contributed by atoms with van der Waals surface area (Å²) in [6.07, 6.45) is 4.48. The van der Waals surface area contributed by atoms with Crippen molar-refractivity contribution in [3.05, 3.63) is 89.6 Å². The first-order valence-electron chi connectivity index (χ1n) is 10.7. The molecule has 1 aromatic carbocycles. The Balaban J connectivity index is 1.59. The van der Waals surface area contributed by atoms with Gasteiger partial charge in [-0.25, -0.2) is 0 Å². The number of carbonyl (C=O) groups is 2. The van der Waals surface area contributed by atoms with Gasteiger partial charge in [0.2, 0.25) is 5.91 Å². The van der Waals surface area contributed by atoms with Crippen molar-refractivity contribution in [2.24, 2.45) is 5.41 Å². The van der Waals surface area contributed by atoms with E-state index in [1.54, 1.807) is 34.6 Å². The minimum absolute atomic E-state index is 0.0312. The number of nitrogens with zero attached hydrogens (tertiary/aromatic N) is 2. The topological polar surface area (TPSA) is 62.3 Å². The summed E-state index contributed by atoms with van der Waals surface area (Å²) >= 11 is 1.70. The molecular formula is C26H27N3O2S. The lowest BCUT2D eigenvalue weighted by Gasteiger charge is -2.28. The molecule has 5 nitrogen and oxygen atoms in total. The number of aryl methyl sites for hydroxylation is 1. The third-order valence-electron chi connectivity index (χ3n) is 5.96. The highest BCUT2D eigenvalue weighted by Crippen LogP contribution is 2.36. The molecule has 1 aliphatic rings. The zero-order chi connectivity index (χ0) is 22.6. The van der Waals surface area contributed by atoms with Crippen molar-refractivity contribution < 1.29 is 9.59 Å². The quantitative estimate of drug-likeness (QED) is 0.545. The van der Waals surface area contributed by atoms with E-state index in [1.165, 1.54) is 4.88 Å². The van der Waals surface area contributed by atoms with Crippen molar-refractivity contribution in [3.8, 4) is 10.4 Å². The highest BCUT2D eigenvalue weighted by Gasteiger charge is 2.46. The summed E-state index contributed by atoms with van der Waals surface area (Å²) in [6.45, 7) is 6.93. The Morgan fingerprint density at radius 2 is 2.12 bits per heavy atom. The first-order valence-corrected chi connectivity index (χ1v) is 11.6. The second-order valence-electron chi connectivity index (χ2n) is 8.30. The minimum Gasteiger partial charge on any atom is -0.352 e. The van der Waals surface area contributed by atoms with Crippen molar-refractivity contribution in [1.29, 1.82) is 0 Å². The SMILES string of the molecule is C=CCNC(=O)C1(Cc2cccc(-c3cccs3)c2)CCN(C(=O)c2ccc(C)nc2)C1. The van der Waals surface area contributed by atoms with Crippen LogP contribution in [0, 0.1) is 12.3 Å². The highest BCUT2D eigenvalue weighted by atomic mass is 32.1. The highest BCUT2D eigenvalue weighted by molar-refractivity contribution is 7.13. The van der Waals surface area contributed by atoms with E-state index in [2.05, 4.69) is 46.5 Å². The number of aromatic nitrogens is 1. The zero-order valence-electron chi connectivity index (χ0n) is 18.2. The average molecular weight is 446 g/mol. The van der Waals surface area contributed by atoms with Crippen molar-refractivity contribution in [2.45, 2.75) is 19.8 Å². The van der Waals surface area contributed by atoms with E-state index in [1.807, 2.05) is 25.1 Å². The van der Waals surface area contributed by atoms with Gasteiger partial charge in [-0.2, -0.15) is 0 Å². The van der Waals surface area contributed by atoms with Gasteiger partial charge in [0, 0.05) is 36.4 Å². The van der Waals surface area contributed by atoms with Crippen LogP contribution in [0.5, 0.6) is 0 Å². The predicted molar refractivity (Wildman–Crippen MR) is 129 cm³/mol. The van der Waals surface area contributed by atoms with Crippen molar-refractivity contribution >= 4 is 23.2 Å². The van der Waals surface area contributed by atoms with Gasteiger partial charge in [-0.1, -0.05) is 36.4 Å². The number of hydrogen-bond donors (Lipinski definition) is 1. The molecule has 3 aromatic rings. The van der Waals surface area contributed by atoms with Crippen LogP contribution in [-0.4, -0.2) is 41.3 Å². The van der Waals surface area contributed by atoms with Crippen LogP contribution in [0.2, 0.25) is 0 Å². The molecule has 0 radical (unpaired) electrons. The molecule has 32 heavy (non-hydrogen) atoms. The standard InChI is InChI=1S/C26H27N3O2S/c1-3-12-27-25(31)26(16-20-6-4-7-21(15-20)23-8-5-14-32-23)11-13-29(18-26)24(30)22-10-9-19(2)28-17-22/h3-10,14-15,17H,1,11-13,16,18H2,2H3,(H,27,31). The molecule has 0 bridgehead atoms. The predicted octanol–water partition coefficient (Wildman–Crippen LogP) is 4.50. The molecule has 1 unspecified atom stereocenters. The van der Waals surface area contributed by atoms with Crippen molar-refractivity contribution in [3.63, 3.8) is 0 Å². The fourth-order valence-electron chi connectivity index (χ4n) is 4.25. The van der Waals surface area contributed by atoms with Crippen molar-refractivity contribution in [2.75, 3.05) is 19.6 Å². The van der Waals surface area contributed by atoms with E-state index in [4.69, 9.17) is 0 Å². The molecule has 1 aliphatic heterocycles. The fraction of sp³-hybridized carbons (Fsp3) is 0.269. The minimum atomic E-state index is -0.676. The Morgan fingerprint density at radius 3 is 2.84 bits per heavy atom. The molecule has 3 heterocycles. The number of amides is 2. The zero-order valence-corrected chi connectivity index (χ0v) is 19.0. The summed E-state index contributed by atoms with van der Waals surface area (Å²) in [4.78, 5) is 33.6. The summed E-state index contributed by atoms with van der Waals surface area (Å²) in [7, 11) is 0. The third-order valence-corrected chi connectivity index (χ3v) is 6.88. The molecule has 2 amide bonds. The Morgan fingerprint density at radius 1 is 1.25 bits per heavy atom. The number of benzene rings is 1. The molecule has 1 atom stereocenters. The van der Waals surface area contributed by atoms with Gasteiger partial charge in [0.15, 0.2) is 0 Å². The van der Waals surface area contributed by atoms with Crippen LogP contribution in [0.15, 0.2) is 72.8 Å². The largest absolute Gasteiger partial charge is 0.352 e. The number of rotatable bonds is 7. The maximum Gasteiger partial charge on any atom is 0.255 e. The molecule has 1 saturated heterocycles. The summed E-state index contributed by atoms with van der Waals surface area (Å²) in [5, 5.41) is 5.04.